The number of benzene rings is 1. The summed E-state index contributed by atoms with van der Waals surface area (Å²) >= 11 is 3.38. The number of amides is 2. The molecule has 2 fully saturated rings. The average molecular weight is 393 g/mol. The fourth-order valence-corrected chi connectivity index (χ4v) is 3.76. The highest BCUT2D eigenvalue weighted by Gasteiger charge is 2.56. The van der Waals surface area contributed by atoms with Crippen LogP contribution in [0.2, 0.25) is 0 Å². The second kappa shape index (κ2) is 5.55. The third-order valence-electron chi connectivity index (χ3n) is 4.40. The van der Waals surface area contributed by atoms with Gasteiger partial charge in [-0.05, 0) is 42.2 Å². The molecule has 24 heavy (non-hydrogen) atoms. The molecular weight excluding hydrogens is 380 g/mol. The van der Waals surface area contributed by atoms with Gasteiger partial charge in [0.1, 0.15) is 6.04 Å². The monoisotopic (exact) mass is 392 g/mol. The normalized spacial score (nSPS) is 24.5. The number of anilines is 1. The van der Waals surface area contributed by atoms with E-state index in [0.717, 1.165) is 10.9 Å². The van der Waals surface area contributed by atoms with E-state index >= 15 is 0 Å². The molecule has 2 aliphatic rings. The zero-order chi connectivity index (χ0) is 16.8. The summed E-state index contributed by atoms with van der Waals surface area (Å²) in [5.41, 5.74) is 1.22. The first-order valence-electron chi connectivity index (χ1n) is 7.39. The zero-order valence-corrected chi connectivity index (χ0v) is 13.9. The van der Waals surface area contributed by atoms with Crippen LogP contribution in [0.1, 0.15) is 12.8 Å². The number of carbonyl (C=O) groups excluding carboxylic acids is 1. The van der Waals surface area contributed by atoms with Gasteiger partial charge in [0.15, 0.2) is 0 Å². The lowest BCUT2D eigenvalue weighted by Gasteiger charge is -2.23. The Morgan fingerprint density at radius 1 is 1.33 bits per heavy atom. The van der Waals surface area contributed by atoms with Gasteiger partial charge in [-0.15, -0.1) is 10.2 Å². The summed E-state index contributed by atoms with van der Waals surface area (Å²) in [4.78, 5) is 25.2. The molecule has 1 aromatic carbocycles. The van der Waals surface area contributed by atoms with Gasteiger partial charge >= 0.3 is 6.09 Å². The molecule has 124 valence electrons. The number of aromatic amines is 1. The fraction of sp³-hybridized carbons (Fsp3) is 0.357. The highest BCUT2D eigenvalue weighted by molar-refractivity contribution is 9.10. The smallest absolute Gasteiger partial charge is 0.408 e. The Hall–Kier alpha value is -2.49. The number of fused-ring (bicyclic) bond motifs is 1. The van der Waals surface area contributed by atoms with Crippen molar-refractivity contribution in [3.63, 3.8) is 0 Å². The maximum atomic E-state index is 12.5. The molecule has 9 nitrogen and oxygen atoms in total. The number of nitrogens with one attached hydrogen (secondary N) is 2. The molecule has 2 aromatic rings. The summed E-state index contributed by atoms with van der Waals surface area (Å²) in [5, 5.41) is 25.8. The molecular formula is C14H13BrN6O3. The number of H-pyrrole nitrogens is 1. The summed E-state index contributed by atoms with van der Waals surface area (Å²) in [6.45, 7) is 0. The summed E-state index contributed by atoms with van der Waals surface area (Å²) in [6, 6.07) is 4.61. The molecule has 1 aromatic heterocycles. The van der Waals surface area contributed by atoms with Crippen molar-refractivity contribution >= 4 is 33.6 Å². The lowest BCUT2D eigenvalue weighted by Crippen LogP contribution is -2.44. The zero-order valence-electron chi connectivity index (χ0n) is 12.3. The highest BCUT2D eigenvalue weighted by atomic mass is 79.9. The topological polar surface area (TPSA) is 124 Å². The minimum atomic E-state index is -1.04. The van der Waals surface area contributed by atoms with Crippen LogP contribution in [0.5, 0.6) is 0 Å². The molecule has 1 saturated heterocycles. The third-order valence-corrected chi connectivity index (χ3v) is 4.85. The van der Waals surface area contributed by atoms with E-state index in [0.29, 0.717) is 29.4 Å². The number of carboxylic acid groups (broad SMARTS) is 1. The van der Waals surface area contributed by atoms with Gasteiger partial charge in [-0.25, -0.2) is 4.79 Å². The SMILES string of the molecule is O=C(Nc1cc(Br)cc(-c2nn[nH]n2)c1)[C@@H]1C[C@H]2C[C@H]2N1C(=O)O. The predicted molar refractivity (Wildman–Crippen MR) is 86.1 cm³/mol. The van der Waals surface area contributed by atoms with Crippen molar-refractivity contribution in [1.29, 1.82) is 0 Å². The number of hydrogen-bond acceptors (Lipinski definition) is 5. The quantitative estimate of drug-likeness (QED) is 0.729. The van der Waals surface area contributed by atoms with Crippen molar-refractivity contribution in [3.8, 4) is 11.4 Å². The van der Waals surface area contributed by atoms with E-state index in [-0.39, 0.29) is 11.9 Å². The number of carbonyl (C=O) groups is 2. The van der Waals surface area contributed by atoms with Crippen LogP contribution in [-0.2, 0) is 4.79 Å². The van der Waals surface area contributed by atoms with E-state index in [1.807, 2.05) is 0 Å². The molecule has 1 aliphatic heterocycles. The molecule has 0 radical (unpaired) electrons. The fourth-order valence-electron chi connectivity index (χ4n) is 3.27. The number of tetrazole rings is 1. The van der Waals surface area contributed by atoms with Crippen LogP contribution in [-0.4, -0.2) is 54.7 Å². The molecule has 2 heterocycles. The van der Waals surface area contributed by atoms with Gasteiger partial charge in [0, 0.05) is 21.8 Å². The molecule has 2 amide bonds. The van der Waals surface area contributed by atoms with E-state index < -0.39 is 12.1 Å². The first-order chi connectivity index (χ1) is 11.5. The second-order valence-electron chi connectivity index (χ2n) is 5.96. The largest absolute Gasteiger partial charge is 0.465 e. The second-order valence-corrected chi connectivity index (χ2v) is 6.87. The summed E-state index contributed by atoms with van der Waals surface area (Å²) in [6.07, 6.45) is 0.394. The number of rotatable bonds is 3. The van der Waals surface area contributed by atoms with E-state index in [4.69, 9.17) is 0 Å². The molecule has 1 saturated carbocycles. The van der Waals surface area contributed by atoms with Gasteiger partial charge in [0.2, 0.25) is 11.7 Å². The molecule has 0 bridgehead atoms. The van der Waals surface area contributed by atoms with Crippen LogP contribution in [0, 0.1) is 5.92 Å². The summed E-state index contributed by atoms with van der Waals surface area (Å²) in [5.74, 6) is 0.400. The van der Waals surface area contributed by atoms with E-state index in [1.54, 1.807) is 18.2 Å². The summed E-state index contributed by atoms with van der Waals surface area (Å²) < 4.78 is 0.740. The maximum Gasteiger partial charge on any atom is 0.408 e. The number of aromatic nitrogens is 4. The van der Waals surface area contributed by atoms with Gasteiger partial charge in [-0.3, -0.25) is 9.69 Å². The van der Waals surface area contributed by atoms with Gasteiger partial charge in [-0.2, -0.15) is 5.21 Å². The Morgan fingerprint density at radius 3 is 2.88 bits per heavy atom. The van der Waals surface area contributed by atoms with Crippen LogP contribution in [0.25, 0.3) is 11.4 Å². The van der Waals surface area contributed by atoms with E-state index in [2.05, 4.69) is 41.9 Å². The van der Waals surface area contributed by atoms with E-state index in [9.17, 15) is 14.7 Å². The van der Waals surface area contributed by atoms with Crippen LogP contribution in [0.15, 0.2) is 22.7 Å². The third kappa shape index (κ3) is 2.62. The summed E-state index contributed by atoms with van der Waals surface area (Å²) in [7, 11) is 0. The number of piperidine rings is 1. The molecule has 0 unspecified atom stereocenters. The molecule has 0 spiro atoms. The molecule has 10 heteroatoms. The number of hydrogen-bond donors (Lipinski definition) is 3. The standard InChI is InChI=1S/C14H13BrN6O3/c15-8-1-7(12-17-19-20-18-12)2-9(5-8)16-13(22)11-4-6-3-10(6)21(11)14(23)24/h1-2,5-6,10-11H,3-4H2,(H,16,22)(H,23,24)(H,17,18,19,20)/t6-,10-,11+/m1/s1. The Morgan fingerprint density at radius 2 is 2.17 bits per heavy atom. The van der Waals surface area contributed by atoms with Crippen molar-refractivity contribution < 1.29 is 14.7 Å². The number of nitrogens with zero attached hydrogens (tertiary/aromatic N) is 4. The van der Waals surface area contributed by atoms with E-state index in [1.165, 1.54) is 4.90 Å². The maximum absolute atomic E-state index is 12.5. The van der Waals surface area contributed by atoms with Crippen LogP contribution >= 0.6 is 15.9 Å². The molecule has 3 atom stereocenters. The Balaban J connectivity index is 1.55. The van der Waals surface area contributed by atoms with Gasteiger partial charge in [0.05, 0.1) is 0 Å². The highest BCUT2D eigenvalue weighted by Crippen LogP contribution is 2.48. The van der Waals surface area contributed by atoms with Gasteiger partial charge in [-0.1, -0.05) is 15.9 Å². The van der Waals surface area contributed by atoms with Crippen molar-refractivity contribution in [2.24, 2.45) is 5.92 Å². The van der Waals surface area contributed by atoms with Crippen LogP contribution in [0.3, 0.4) is 0 Å². The Bertz CT molecular complexity index is 811. The van der Waals surface area contributed by atoms with Crippen LogP contribution < -0.4 is 5.32 Å². The van der Waals surface area contributed by atoms with Gasteiger partial charge in [0.25, 0.3) is 0 Å². The van der Waals surface area contributed by atoms with Crippen molar-refractivity contribution in [2.75, 3.05) is 5.32 Å². The first-order valence-corrected chi connectivity index (χ1v) is 8.19. The number of likely N-dealkylation sites (tertiary alicyclic amines) is 1. The predicted octanol–water partition coefficient (Wildman–Crippen LogP) is 1.71. The van der Waals surface area contributed by atoms with Crippen LogP contribution in [0.4, 0.5) is 10.5 Å². The van der Waals surface area contributed by atoms with Crippen molar-refractivity contribution in [2.45, 2.75) is 24.9 Å². The molecule has 1 aliphatic carbocycles. The van der Waals surface area contributed by atoms with Gasteiger partial charge < -0.3 is 10.4 Å². The van der Waals surface area contributed by atoms with Crippen molar-refractivity contribution in [3.05, 3.63) is 22.7 Å². The molecule has 3 N–H and O–H groups in total. The van der Waals surface area contributed by atoms with Crippen molar-refractivity contribution in [1.82, 2.24) is 25.5 Å². The average Bonchev–Trinajstić information content (AvgIpc) is 2.98. The number of halogens is 1. The Kier molecular flexibility index (Phi) is 3.48. The minimum Gasteiger partial charge on any atom is -0.465 e. The molecule has 4 rings (SSSR count). The lowest BCUT2D eigenvalue weighted by molar-refractivity contribution is -0.120. The minimum absolute atomic E-state index is 0.00403. The lowest BCUT2D eigenvalue weighted by atomic mass is 10.1. The Labute approximate surface area is 144 Å². The first kappa shape index (κ1) is 15.1.